The highest BCUT2D eigenvalue weighted by molar-refractivity contribution is 6.30. The van der Waals surface area contributed by atoms with Crippen LogP contribution in [0.25, 0.3) is 0 Å². The van der Waals surface area contributed by atoms with Gasteiger partial charge in [0, 0.05) is 16.3 Å². The van der Waals surface area contributed by atoms with Gasteiger partial charge in [-0.05, 0) is 60.7 Å². The highest BCUT2D eigenvalue weighted by Crippen LogP contribution is 2.52. The fraction of sp³-hybridized carbons (Fsp3) is 0.292. The summed E-state index contributed by atoms with van der Waals surface area (Å²) >= 11 is 5.89. The molecule has 1 saturated carbocycles. The van der Waals surface area contributed by atoms with E-state index in [0.717, 1.165) is 28.4 Å². The Morgan fingerprint density at radius 2 is 1.61 bits per heavy atom. The van der Waals surface area contributed by atoms with Gasteiger partial charge >= 0.3 is 6.18 Å². The number of carbonyl (C=O) groups is 3. The number of hydrogen-bond acceptors (Lipinski definition) is 3. The van der Waals surface area contributed by atoms with E-state index in [0.29, 0.717) is 5.02 Å². The number of rotatable bonds is 4. The van der Waals surface area contributed by atoms with E-state index in [4.69, 9.17) is 11.6 Å². The molecule has 3 amide bonds. The molecule has 1 heterocycles. The Morgan fingerprint density at radius 1 is 1.00 bits per heavy atom. The molecule has 1 aliphatic heterocycles. The summed E-state index contributed by atoms with van der Waals surface area (Å²) in [5, 5.41) is 0.387. The summed E-state index contributed by atoms with van der Waals surface area (Å²) in [5.74, 6) is -2.40. The Balaban J connectivity index is 1.51. The Kier molecular flexibility index (Phi) is 5.08. The zero-order valence-corrected chi connectivity index (χ0v) is 17.9. The smallest absolute Gasteiger partial charge is 0.290 e. The second-order valence-corrected chi connectivity index (χ2v) is 8.97. The zero-order chi connectivity index (χ0) is 23.5. The van der Waals surface area contributed by atoms with Gasteiger partial charge in [-0.2, -0.15) is 13.2 Å². The van der Waals surface area contributed by atoms with Crippen LogP contribution in [0.2, 0.25) is 5.02 Å². The molecule has 4 unspecified atom stereocenters. The van der Waals surface area contributed by atoms with Crippen molar-refractivity contribution in [3.05, 3.63) is 76.8 Å². The van der Waals surface area contributed by atoms with Crippen molar-refractivity contribution in [3.63, 3.8) is 0 Å². The molecule has 9 heteroatoms. The molecular formula is C24H18ClF3N2O3. The second-order valence-electron chi connectivity index (χ2n) is 8.53. The highest BCUT2D eigenvalue weighted by Gasteiger charge is 2.59. The first-order chi connectivity index (χ1) is 15.6. The van der Waals surface area contributed by atoms with Gasteiger partial charge in [0.25, 0.3) is 5.91 Å². The van der Waals surface area contributed by atoms with E-state index in [-0.39, 0.29) is 34.9 Å². The van der Waals surface area contributed by atoms with Crippen molar-refractivity contribution in [2.45, 2.75) is 12.6 Å². The first-order valence-electron chi connectivity index (χ1n) is 10.4. The lowest BCUT2D eigenvalue weighted by Gasteiger charge is -2.28. The van der Waals surface area contributed by atoms with Gasteiger partial charge in [-0.3, -0.25) is 24.2 Å². The topological polar surface area (TPSA) is 57.7 Å². The number of fused-ring (bicyclic) bond motifs is 5. The van der Waals surface area contributed by atoms with Crippen LogP contribution in [0.3, 0.4) is 0 Å². The molecule has 2 aromatic carbocycles. The van der Waals surface area contributed by atoms with E-state index in [2.05, 4.69) is 0 Å². The van der Waals surface area contributed by atoms with E-state index in [1.165, 1.54) is 36.4 Å². The lowest BCUT2D eigenvalue weighted by molar-refractivity contribution is -0.141. The largest absolute Gasteiger partial charge is 0.416 e. The molecular weight excluding hydrogens is 457 g/mol. The lowest BCUT2D eigenvalue weighted by atomic mass is 9.85. The number of benzene rings is 2. The Labute approximate surface area is 192 Å². The normalized spacial score (nSPS) is 25.6. The van der Waals surface area contributed by atoms with Crippen LogP contribution in [0.4, 0.5) is 18.9 Å². The van der Waals surface area contributed by atoms with E-state index in [9.17, 15) is 27.6 Å². The monoisotopic (exact) mass is 474 g/mol. The van der Waals surface area contributed by atoms with Gasteiger partial charge in [-0.25, -0.2) is 0 Å². The maximum absolute atomic E-state index is 13.3. The summed E-state index contributed by atoms with van der Waals surface area (Å²) in [5.41, 5.74) is -0.839. The van der Waals surface area contributed by atoms with Crippen LogP contribution in [0.1, 0.15) is 22.3 Å². The Bertz CT molecular complexity index is 1150. The number of anilines is 1. The highest BCUT2D eigenvalue weighted by atomic mass is 35.5. The minimum atomic E-state index is -4.62. The summed E-state index contributed by atoms with van der Waals surface area (Å²) in [6.07, 6.45) is 0.0295. The molecule has 2 bridgehead atoms. The molecule has 5 nitrogen and oxygen atoms in total. The zero-order valence-electron chi connectivity index (χ0n) is 17.1. The number of nitrogens with zero attached hydrogens (tertiary/aromatic N) is 2. The van der Waals surface area contributed by atoms with Crippen LogP contribution in [0, 0.1) is 23.7 Å². The third-order valence-electron chi connectivity index (χ3n) is 6.67. The lowest BCUT2D eigenvalue weighted by Crippen LogP contribution is -2.45. The Hall–Kier alpha value is -3.13. The number of imide groups is 1. The summed E-state index contributed by atoms with van der Waals surface area (Å²) in [6, 6.07) is 10.1. The van der Waals surface area contributed by atoms with E-state index >= 15 is 0 Å². The summed E-state index contributed by atoms with van der Waals surface area (Å²) in [4.78, 5) is 41.6. The molecule has 2 aliphatic carbocycles. The average molecular weight is 475 g/mol. The third-order valence-corrected chi connectivity index (χ3v) is 6.92. The summed E-state index contributed by atoms with van der Waals surface area (Å²) < 4.78 is 40.0. The SMILES string of the molecule is O=C1C2C3C=CC(C3)C2C(=O)N1CN(C(=O)c1ccc(Cl)cc1)c1cccc(C(F)(F)F)c1. The summed E-state index contributed by atoms with van der Waals surface area (Å²) in [6.45, 7) is -0.465. The van der Waals surface area contributed by atoms with Crippen molar-refractivity contribution in [1.29, 1.82) is 0 Å². The van der Waals surface area contributed by atoms with E-state index in [1.807, 2.05) is 12.2 Å². The number of allylic oxidation sites excluding steroid dienone is 2. The van der Waals surface area contributed by atoms with Crippen LogP contribution < -0.4 is 4.90 Å². The maximum atomic E-state index is 13.3. The van der Waals surface area contributed by atoms with Crippen molar-refractivity contribution in [1.82, 2.24) is 4.90 Å². The number of likely N-dealkylation sites (tertiary alicyclic amines) is 1. The molecule has 3 aliphatic rings. The molecule has 2 fully saturated rings. The van der Waals surface area contributed by atoms with Crippen molar-refractivity contribution >= 4 is 35.0 Å². The van der Waals surface area contributed by atoms with Gasteiger partial charge < -0.3 is 0 Å². The standard InChI is InChI=1S/C24H18ClF3N2O3/c25-17-8-6-13(7-9-17)21(31)29(18-3-1-2-16(11-18)24(26,27)28)12-30-22(32)19-14-4-5-15(10-14)20(19)23(30)33/h1-9,11,14-15,19-20H,10,12H2. The molecule has 170 valence electrons. The third kappa shape index (κ3) is 3.62. The Morgan fingerprint density at radius 3 is 2.18 bits per heavy atom. The quantitative estimate of drug-likeness (QED) is 0.474. The van der Waals surface area contributed by atoms with Gasteiger partial charge in [0.15, 0.2) is 0 Å². The van der Waals surface area contributed by atoms with Crippen LogP contribution >= 0.6 is 11.6 Å². The molecule has 0 N–H and O–H groups in total. The summed E-state index contributed by atoms with van der Waals surface area (Å²) in [7, 11) is 0. The predicted molar refractivity (Wildman–Crippen MR) is 114 cm³/mol. The minimum absolute atomic E-state index is 0.0181. The van der Waals surface area contributed by atoms with Crippen LogP contribution in [0.15, 0.2) is 60.7 Å². The van der Waals surface area contributed by atoms with Gasteiger partial charge in [-0.15, -0.1) is 0 Å². The van der Waals surface area contributed by atoms with Crippen LogP contribution in [0.5, 0.6) is 0 Å². The molecule has 4 atom stereocenters. The minimum Gasteiger partial charge on any atom is -0.290 e. The van der Waals surface area contributed by atoms with Crippen LogP contribution in [-0.2, 0) is 15.8 Å². The molecule has 0 spiro atoms. The molecule has 33 heavy (non-hydrogen) atoms. The fourth-order valence-electron chi connectivity index (χ4n) is 5.11. The number of hydrogen-bond donors (Lipinski definition) is 0. The van der Waals surface area contributed by atoms with Gasteiger partial charge in [0.1, 0.15) is 6.67 Å². The molecule has 5 rings (SSSR count). The maximum Gasteiger partial charge on any atom is 0.416 e. The van der Waals surface area contributed by atoms with E-state index in [1.54, 1.807) is 0 Å². The predicted octanol–water partition coefficient (Wildman–Crippen LogP) is 4.77. The molecule has 0 aromatic heterocycles. The van der Waals surface area contributed by atoms with Gasteiger partial charge in [0.2, 0.25) is 11.8 Å². The first-order valence-corrected chi connectivity index (χ1v) is 10.8. The molecule has 1 saturated heterocycles. The average Bonchev–Trinajstić information content (AvgIpc) is 3.46. The fourth-order valence-corrected chi connectivity index (χ4v) is 5.23. The van der Waals surface area contributed by atoms with Crippen molar-refractivity contribution in [2.75, 3.05) is 11.6 Å². The van der Waals surface area contributed by atoms with Gasteiger partial charge in [-0.1, -0.05) is 29.8 Å². The number of halogens is 4. The van der Waals surface area contributed by atoms with Crippen LogP contribution in [-0.4, -0.2) is 29.3 Å². The van der Waals surface area contributed by atoms with E-state index < -0.39 is 36.2 Å². The number of amides is 3. The number of carbonyl (C=O) groups excluding carboxylic acids is 3. The first kappa shape index (κ1) is 21.7. The van der Waals surface area contributed by atoms with Crippen molar-refractivity contribution < 1.29 is 27.6 Å². The number of alkyl halides is 3. The second kappa shape index (κ2) is 7.73. The van der Waals surface area contributed by atoms with Crippen molar-refractivity contribution in [3.8, 4) is 0 Å². The molecule has 2 aromatic rings. The van der Waals surface area contributed by atoms with Crippen molar-refractivity contribution in [2.24, 2.45) is 23.7 Å². The molecule has 0 radical (unpaired) electrons. The van der Waals surface area contributed by atoms with Gasteiger partial charge in [0.05, 0.1) is 17.4 Å².